The number of hydrogen-bond acceptors (Lipinski definition) is 2. The van der Waals surface area contributed by atoms with E-state index in [1.165, 1.54) is 42.4 Å². The Bertz CT molecular complexity index is 521. The maximum Gasteiger partial charge on any atom is 0.122 e. The summed E-state index contributed by atoms with van der Waals surface area (Å²) in [5, 5.41) is 0. The molecule has 1 fully saturated rings. The Kier molecular flexibility index (Phi) is 5.78. The summed E-state index contributed by atoms with van der Waals surface area (Å²) in [6, 6.07) is 4.48. The minimum absolute atomic E-state index is 0.421. The van der Waals surface area contributed by atoms with E-state index < -0.39 is 0 Å². The fourth-order valence-electron chi connectivity index (χ4n) is 4.24. The molecule has 2 N–H and O–H groups in total. The van der Waals surface area contributed by atoms with E-state index in [1.807, 2.05) is 0 Å². The number of ether oxygens (including phenoxy) is 1. The SMILES string of the molecule is COc1cc(C)c(C)cc1C(CN)C1CCC(C(C)(C)C)CC1. The molecule has 130 valence electrons. The molecule has 1 aromatic carbocycles. The van der Waals surface area contributed by atoms with E-state index in [0.717, 1.165) is 11.7 Å². The molecule has 0 spiro atoms. The van der Waals surface area contributed by atoms with E-state index >= 15 is 0 Å². The fraction of sp³-hybridized carbons (Fsp3) is 0.714. The van der Waals surface area contributed by atoms with Gasteiger partial charge in [-0.1, -0.05) is 26.8 Å². The van der Waals surface area contributed by atoms with Crippen LogP contribution in [-0.2, 0) is 0 Å². The fourth-order valence-corrected chi connectivity index (χ4v) is 4.24. The first-order chi connectivity index (χ1) is 10.8. The molecule has 2 nitrogen and oxygen atoms in total. The van der Waals surface area contributed by atoms with Crippen LogP contribution >= 0.6 is 0 Å². The Morgan fingerprint density at radius 3 is 2.13 bits per heavy atom. The van der Waals surface area contributed by atoms with Gasteiger partial charge < -0.3 is 10.5 Å². The lowest BCUT2D eigenvalue weighted by Crippen LogP contribution is -2.30. The first kappa shape index (κ1) is 18.3. The molecule has 0 bridgehead atoms. The van der Waals surface area contributed by atoms with Crippen molar-refractivity contribution in [3.8, 4) is 5.75 Å². The summed E-state index contributed by atoms with van der Waals surface area (Å²) < 4.78 is 5.67. The van der Waals surface area contributed by atoms with Crippen LogP contribution in [-0.4, -0.2) is 13.7 Å². The molecule has 1 saturated carbocycles. The average molecular weight is 318 g/mol. The smallest absolute Gasteiger partial charge is 0.122 e. The third kappa shape index (κ3) is 4.09. The Balaban J connectivity index is 2.20. The van der Waals surface area contributed by atoms with Gasteiger partial charge in [0.2, 0.25) is 0 Å². The molecule has 1 unspecified atom stereocenters. The molecule has 0 heterocycles. The Morgan fingerprint density at radius 2 is 1.65 bits per heavy atom. The average Bonchev–Trinajstić information content (AvgIpc) is 2.51. The van der Waals surface area contributed by atoms with Gasteiger partial charge in [-0.25, -0.2) is 0 Å². The van der Waals surface area contributed by atoms with Crippen LogP contribution in [0.4, 0.5) is 0 Å². The highest BCUT2D eigenvalue weighted by molar-refractivity contribution is 5.44. The lowest BCUT2D eigenvalue weighted by molar-refractivity contribution is 0.139. The second kappa shape index (κ2) is 7.25. The van der Waals surface area contributed by atoms with Gasteiger partial charge in [-0.2, -0.15) is 0 Å². The van der Waals surface area contributed by atoms with Crippen molar-refractivity contribution >= 4 is 0 Å². The summed E-state index contributed by atoms with van der Waals surface area (Å²) in [6.45, 7) is 12.2. The van der Waals surface area contributed by atoms with E-state index in [4.69, 9.17) is 10.5 Å². The molecule has 1 aliphatic carbocycles. The van der Waals surface area contributed by atoms with Crippen LogP contribution < -0.4 is 10.5 Å². The zero-order valence-electron chi connectivity index (χ0n) is 15.9. The molecule has 2 heteroatoms. The van der Waals surface area contributed by atoms with Gasteiger partial charge in [0.1, 0.15) is 5.75 Å². The molecule has 0 aliphatic heterocycles. The molecule has 0 saturated heterocycles. The van der Waals surface area contributed by atoms with Crippen molar-refractivity contribution in [2.45, 2.75) is 66.2 Å². The normalized spacial score (nSPS) is 23.6. The van der Waals surface area contributed by atoms with Crippen LogP contribution in [0, 0.1) is 31.1 Å². The van der Waals surface area contributed by atoms with E-state index in [2.05, 4.69) is 46.8 Å². The van der Waals surface area contributed by atoms with Gasteiger partial charge in [-0.3, -0.25) is 0 Å². The maximum absolute atomic E-state index is 6.21. The quantitative estimate of drug-likeness (QED) is 0.827. The van der Waals surface area contributed by atoms with Crippen molar-refractivity contribution in [2.75, 3.05) is 13.7 Å². The molecule has 1 aromatic rings. The van der Waals surface area contributed by atoms with E-state index in [9.17, 15) is 0 Å². The Hall–Kier alpha value is -1.02. The minimum atomic E-state index is 0.421. The molecule has 2 rings (SSSR count). The van der Waals surface area contributed by atoms with Crippen molar-refractivity contribution in [2.24, 2.45) is 23.0 Å². The Labute approximate surface area is 142 Å². The second-order valence-electron chi connectivity index (χ2n) is 8.50. The first-order valence-corrected chi connectivity index (χ1v) is 9.13. The lowest BCUT2D eigenvalue weighted by atomic mass is 9.66. The standard InChI is InChI=1S/C21H35NO/c1-14-11-18(20(23-6)12-15(14)2)19(13-22)16-7-9-17(10-8-16)21(3,4)5/h11-12,16-17,19H,7-10,13,22H2,1-6H3. The molecule has 0 radical (unpaired) electrons. The van der Waals surface area contributed by atoms with Gasteiger partial charge in [-0.05, 0) is 86.1 Å². The third-order valence-electron chi connectivity index (χ3n) is 6.07. The highest BCUT2D eigenvalue weighted by Crippen LogP contribution is 2.45. The second-order valence-corrected chi connectivity index (χ2v) is 8.50. The third-order valence-corrected chi connectivity index (χ3v) is 6.07. The number of rotatable bonds is 4. The first-order valence-electron chi connectivity index (χ1n) is 9.13. The molecule has 0 amide bonds. The minimum Gasteiger partial charge on any atom is -0.496 e. The van der Waals surface area contributed by atoms with Gasteiger partial charge in [0, 0.05) is 5.92 Å². The predicted molar refractivity (Wildman–Crippen MR) is 99.2 cm³/mol. The molecular weight excluding hydrogens is 282 g/mol. The summed E-state index contributed by atoms with van der Waals surface area (Å²) in [7, 11) is 1.78. The van der Waals surface area contributed by atoms with E-state index in [-0.39, 0.29) is 0 Å². The van der Waals surface area contributed by atoms with Crippen LogP contribution in [0.25, 0.3) is 0 Å². The highest BCUT2D eigenvalue weighted by Gasteiger charge is 2.33. The van der Waals surface area contributed by atoms with Crippen molar-refractivity contribution in [3.05, 3.63) is 28.8 Å². The highest BCUT2D eigenvalue weighted by atomic mass is 16.5. The number of aryl methyl sites for hydroxylation is 2. The summed E-state index contributed by atoms with van der Waals surface area (Å²) in [6.07, 6.45) is 5.25. The summed E-state index contributed by atoms with van der Waals surface area (Å²) >= 11 is 0. The van der Waals surface area contributed by atoms with Crippen LogP contribution in [0.3, 0.4) is 0 Å². The van der Waals surface area contributed by atoms with Gasteiger partial charge in [0.15, 0.2) is 0 Å². The largest absolute Gasteiger partial charge is 0.496 e. The number of nitrogens with two attached hydrogens (primary N) is 1. The predicted octanol–water partition coefficient (Wildman–Crippen LogP) is 5.21. The number of methoxy groups -OCH3 is 1. The van der Waals surface area contributed by atoms with Crippen LogP contribution in [0.1, 0.15) is 69.1 Å². The van der Waals surface area contributed by atoms with Crippen molar-refractivity contribution < 1.29 is 4.74 Å². The van der Waals surface area contributed by atoms with Crippen LogP contribution in [0.2, 0.25) is 0 Å². The summed E-state index contributed by atoms with van der Waals surface area (Å²) in [5.41, 5.74) is 10.6. The molecule has 23 heavy (non-hydrogen) atoms. The molecule has 1 atom stereocenters. The van der Waals surface area contributed by atoms with E-state index in [1.54, 1.807) is 7.11 Å². The topological polar surface area (TPSA) is 35.2 Å². The van der Waals surface area contributed by atoms with E-state index in [0.29, 0.717) is 23.8 Å². The van der Waals surface area contributed by atoms with Gasteiger partial charge in [-0.15, -0.1) is 0 Å². The number of benzene rings is 1. The van der Waals surface area contributed by atoms with Crippen molar-refractivity contribution in [1.82, 2.24) is 0 Å². The summed E-state index contributed by atoms with van der Waals surface area (Å²) in [4.78, 5) is 0. The maximum atomic E-state index is 6.21. The van der Waals surface area contributed by atoms with Gasteiger partial charge in [0.05, 0.1) is 7.11 Å². The number of hydrogen-bond donors (Lipinski definition) is 1. The van der Waals surface area contributed by atoms with Crippen molar-refractivity contribution in [1.29, 1.82) is 0 Å². The van der Waals surface area contributed by atoms with Crippen molar-refractivity contribution in [3.63, 3.8) is 0 Å². The monoisotopic (exact) mass is 317 g/mol. The van der Waals surface area contributed by atoms with Gasteiger partial charge in [0.25, 0.3) is 0 Å². The van der Waals surface area contributed by atoms with Crippen LogP contribution in [0.5, 0.6) is 5.75 Å². The molecule has 1 aliphatic rings. The molecular formula is C21H35NO. The Morgan fingerprint density at radius 1 is 1.09 bits per heavy atom. The molecule has 0 aromatic heterocycles. The van der Waals surface area contributed by atoms with Gasteiger partial charge >= 0.3 is 0 Å². The summed E-state index contributed by atoms with van der Waals surface area (Å²) in [5.74, 6) is 2.97. The zero-order chi connectivity index (χ0) is 17.2. The lowest BCUT2D eigenvalue weighted by Gasteiger charge is -2.39. The van der Waals surface area contributed by atoms with Crippen LogP contribution in [0.15, 0.2) is 12.1 Å². The zero-order valence-corrected chi connectivity index (χ0v) is 15.9.